The first-order valence-electron chi connectivity index (χ1n) is 6.46. The van der Waals surface area contributed by atoms with Gasteiger partial charge in [-0.25, -0.2) is 0 Å². The monoisotopic (exact) mass is 238 g/mol. The number of benzene rings is 2. The van der Waals surface area contributed by atoms with Gasteiger partial charge in [-0.2, -0.15) is 0 Å². The minimum atomic E-state index is 0.881. The average molecular weight is 238 g/mol. The Hall–Kier alpha value is -1.96. The predicted molar refractivity (Wildman–Crippen MR) is 76.5 cm³/mol. The zero-order valence-corrected chi connectivity index (χ0v) is 10.4. The Kier molecular flexibility index (Phi) is 2.71. The molecule has 0 aliphatic heterocycles. The third-order valence-corrected chi connectivity index (χ3v) is 3.55. The number of rotatable bonds is 0. The zero-order valence-electron chi connectivity index (χ0n) is 10.4. The molecule has 1 aliphatic rings. The van der Waals surface area contributed by atoms with E-state index in [2.05, 4.69) is 36.4 Å². The van der Waals surface area contributed by atoms with Gasteiger partial charge in [0.05, 0.1) is 0 Å². The van der Waals surface area contributed by atoms with Gasteiger partial charge in [-0.15, -0.1) is 0 Å². The first-order valence-corrected chi connectivity index (χ1v) is 6.46. The van der Waals surface area contributed by atoms with E-state index in [4.69, 9.17) is 11.5 Å². The number of hydrogen-bond acceptors (Lipinski definition) is 2. The van der Waals surface area contributed by atoms with Crippen molar-refractivity contribution in [2.45, 2.75) is 25.7 Å². The van der Waals surface area contributed by atoms with Crippen LogP contribution in [-0.4, -0.2) is 0 Å². The molecule has 2 nitrogen and oxygen atoms in total. The molecule has 1 aliphatic carbocycles. The van der Waals surface area contributed by atoms with E-state index in [1.165, 1.54) is 22.3 Å². The fourth-order valence-corrected chi connectivity index (χ4v) is 2.74. The molecule has 0 heterocycles. The van der Waals surface area contributed by atoms with E-state index < -0.39 is 0 Å². The van der Waals surface area contributed by atoms with Crippen LogP contribution in [0.25, 0.3) is 0 Å². The molecule has 2 aromatic carbocycles. The number of fused-ring (bicyclic) bond motifs is 4. The lowest BCUT2D eigenvalue weighted by Gasteiger charge is -2.13. The second-order valence-corrected chi connectivity index (χ2v) is 5.17. The van der Waals surface area contributed by atoms with Gasteiger partial charge >= 0.3 is 0 Å². The summed E-state index contributed by atoms with van der Waals surface area (Å²) in [7, 11) is 0. The molecule has 0 radical (unpaired) electrons. The Balaban J connectivity index is 2.01. The lowest BCUT2D eigenvalue weighted by Crippen LogP contribution is -2.02. The number of nitrogens with two attached hydrogens (primary N) is 2. The number of hydrogen-bond donors (Lipinski definition) is 2. The summed E-state index contributed by atoms with van der Waals surface area (Å²) in [5, 5.41) is 0. The van der Waals surface area contributed by atoms with Crippen molar-refractivity contribution in [1.29, 1.82) is 0 Å². The topological polar surface area (TPSA) is 52.0 Å². The average Bonchev–Trinajstić information content (AvgIpc) is 2.32. The Bertz CT molecular complexity index is 490. The summed E-state index contributed by atoms with van der Waals surface area (Å²) in [6.45, 7) is 0. The van der Waals surface area contributed by atoms with Crippen LogP contribution in [0.4, 0.5) is 11.4 Å². The molecule has 18 heavy (non-hydrogen) atoms. The lowest BCUT2D eigenvalue weighted by molar-refractivity contribution is 0.906. The molecular formula is C16H18N2. The van der Waals surface area contributed by atoms with Crippen LogP contribution in [0.1, 0.15) is 22.3 Å². The van der Waals surface area contributed by atoms with Crippen molar-refractivity contribution < 1.29 is 0 Å². The van der Waals surface area contributed by atoms with Gasteiger partial charge in [-0.05, 0) is 72.2 Å². The third-order valence-electron chi connectivity index (χ3n) is 3.55. The largest absolute Gasteiger partial charge is 0.399 e. The van der Waals surface area contributed by atoms with Crippen LogP contribution in [0, 0.1) is 0 Å². The van der Waals surface area contributed by atoms with E-state index in [0.717, 1.165) is 37.1 Å². The van der Waals surface area contributed by atoms with Crippen molar-refractivity contribution >= 4 is 11.4 Å². The molecule has 0 fully saturated rings. The molecule has 0 unspecified atom stereocenters. The Labute approximate surface area is 108 Å². The van der Waals surface area contributed by atoms with Crippen LogP contribution in [0.5, 0.6) is 0 Å². The number of nitrogen functional groups attached to an aromatic ring is 2. The molecule has 4 N–H and O–H groups in total. The summed E-state index contributed by atoms with van der Waals surface area (Å²) >= 11 is 0. The van der Waals surface area contributed by atoms with Crippen molar-refractivity contribution in [2.24, 2.45) is 0 Å². The van der Waals surface area contributed by atoms with Crippen LogP contribution in [-0.2, 0) is 25.7 Å². The van der Waals surface area contributed by atoms with Crippen LogP contribution in [0.3, 0.4) is 0 Å². The summed E-state index contributed by atoms with van der Waals surface area (Å²) in [6.07, 6.45) is 4.11. The van der Waals surface area contributed by atoms with Crippen molar-refractivity contribution in [1.82, 2.24) is 0 Å². The van der Waals surface area contributed by atoms with Crippen molar-refractivity contribution in [2.75, 3.05) is 11.5 Å². The van der Waals surface area contributed by atoms with Crippen LogP contribution < -0.4 is 11.5 Å². The Morgan fingerprint density at radius 2 is 0.778 bits per heavy atom. The summed E-state index contributed by atoms with van der Waals surface area (Å²) in [5.74, 6) is 0. The number of anilines is 2. The highest BCUT2D eigenvalue weighted by molar-refractivity contribution is 5.48. The van der Waals surface area contributed by atoms with Crippen molar-refractivity contribution in [3.8, 4) is 0 Å². The van der Waals surface area contributed by atoms with Gasteiger partial charge in [0.1, 0.15) is 0 Å². The van der Waals surface area contributed by atoms with Gasteiger partial charge in [-0.3, -0.25) is 0 Å². The van der Waals surface area contributed by atoms with Gasteiger partial charge in [0.25, 0.3) is 0 Å². The summed E-state index contributed by atoms with van der Waals surface area (Å²) < 4.78 is 0. The van der Waals surface area contributed by atoms with Gasteiger partial charge in [-0.1, -0.05) is 12.1 Å². The van der Waals surface area contributed by atoms with E-state index in [1.54, 1.807) is 0 Å². The smallest absolute Gasteiger partial charge is 0.0319 e. The highest BCUT2D eigenvalue weighted by Gasteiger charge is 2.06. The Morgan fingerprint density at radius 1 is 0.500 bits per heavy atom. The first kappa shape index (κ1) is 11.1. The molecule has 2 heteroatoms. The van der Waals surface area contributed by atoms with E-state index >= 15 is 0 Å². The molecule has 2 aromatic rings. The van der Waals surface area contributed by atoms with Gasteiger partial charge in [0, 0.05) is 11.4 Å². The zero-order chi connectivity index (χ0) is 12.5. The first-order chi connectivity index (χ1) is 8.69. The molecule has 92 valence electrons. The fourth-order valence-electron chi connectivity index (χ4n) is 2.74. The predicted octanol–water partition coefficient (Wildman–Crippen LogP) is 2.73. The standard InChI is InChI=1S/C16H18N2/c17-15-7-11-1-2-12-6-14(10-16(18)8-12)4-3-13(5-11)9-15/h5-10H,1-4,17-18H2. The molecule has 0 aromatic heterocycles. The third kappa shape index (κ3) is 2.33. The quantitative estimate of drug-likeness (QED) is 0.693. The Morgan fingerprint density at radius 3 is 1.06 bits per heavy atom. The summed E-state index contributed by atoms with van der Waals surface area (Å²) in [6, 6.07) is 12.9. The van der Waals surface area contributed by atoms with E-state index in [0.29, 0.717) is 0 Å². The minimum Gasteiger partial charge on any atom is -0.399 e. The molecule has 0 saturated heterocycles. The SMILES string of the molecule is Nc1cc2cc(c1)CCc1cc(N)cc(c1)CC2. The van der Waals surface area contributed by atoms with E-state index in [1.807, 2.05) is 0 Å². The molecular weight excluding hydrogens is 220 g/mol. The van der Waals surface area contributed by atoms with Crippen LogP contribution >= 0.6 is 0 Å². The number of aryl methyl sites for hydroxylation is 4. The van der Waals surface area contributed by atoms with Gasteiger partial charge < -0.3 is 11.5 Å². The molecule has 0 amide bonds. The van der Waals surface area contributed by atoms with Crippen LogP contribution in [0.15, 0.2) is 36.4 Å². The van der Waals surface area contributed by atoms with Crippen molar-refractivity contribution in [3.63, 3.8) is 0 Å². The normalized spacial score (nSPS) is 14.2. The molecule has 0 spiro atoms. The van der Waals surface area contributed by atoms with Crippen LogP contribution in [0.2, 0.25) is 0 Å². The molecule has 0 atom stereocenters. The summed E-state index contributed by atoms with van der Waals surface area (Å²) in [4.78, 5) is 0. The van der Waals surface area contributed by atoms with Gasteiger partial charge in [0.15, 0.2) is 0 Å². The minimum absolute atomic E-state index is 0.881. The maximum absolute atomic E-state index is 5.96. The summed E-state index contributed by atoms with van der Waals surface area (Å²) in [5.41, 5.74) is 19.0. The van der Waals surface area contributed by atoms with E-state index in [-0.39, 0.29) is 0 Å². The van der Waals surface area contributed by atoms with Gasteiger partial charge in [0.2, 0.25) is 0 Å². The van der Waals surface area contributed by atoms with E-state index in [9.17, 15) is 0 Å². The second-order valence-electron chi connectivity index (χ2n) is 5.17. The van der Waals surface area contributed by atoms with Crippen molar-refractivity contribution in [3.05, 3.63) is 58.7 Å². The maximum Gasteiger partial charge on any atom is 0.0319 e. The molecule has 3 rings (SSSR count). The maximum atomic E-state index is 5.96. The molecule has 4 bridgehead atoms. The molecule has 0 saturated carbocycles. The fraction of sp³-hybridized carbons (Fsp3) is 0.250. The lowest BCUT2D eigenvalue weighted by atomic mass is 9.94. The second kappa shape index (κ2) is 4.37. The highest BCUT2D eigenvalue weighted by Crippen LogP contribution is 2.21. The highest BCUT2D eigenvalue weighted by atomic mass is 14.5.